The van der Waals surface area contributed by atoms with Gasteiger partial charge in [-0.1, -0.05) is 28.4 Å². The summed E-state index contributed by atoms with van der Waals surface area (Å²) in [7, 11) is 0. The highest BCUT2D eigenvalue weighted by atomic mass is 79.9. The molecule has 0 spiro atoms. The summed E-state index contributed by atoms with van der Waals surface area (Å²) in [6.45, 7) is 4.08. The van der Waals surface area contributed by atoms with Crippen LogP contribution in [0.3, 0.4) is 0 Å². The number of nitrogens with one attached hydrogen (secondary N) is 1. The van der Waals surface area contributed by atoms with Crippen LogP contribution in [0, 0.1) is 11.7 Å². The van der Waals surface area contributed by atoms with Gasteiger partial charge in [0.15, 0.2) is 0 Å². The van der Waals surface area contributed by atoms with E-state index in [1.807, 2.05) is 12.1 Å². The van der Waals surface area contributed by atoms with Gasteiger partial charge in [-0.2, -0.15) is 0 Å². The van der Waals surface area contributed by atoms with Gasteiger partial charge in [-0.3, -0.25) is 4.90 Å². The maximum absolute atomic E-state index is 14.3. The van der Waals surface area contributed by atoms with Crippen LogP contribution in [0.4, 0.5) is 4.39 Å². The van der Waals surface area contributed by atoms with E-state index in [0.29, 0.717) is 5.92 Å². The van der Waals surface area contributed by atoms with Gasteiger partial charge in [-0.25, -0.2) is 4.39 Å². The second-order valence-electron chi connectivity index (χ2n) is 5.59. The average Bonchev–Trinajstić information content (AvgIpc) is 2.35. The van der Waals surface area contributed by atoms with Crippen molar-refractivity contribution in [3.05, 3.63) is 34.1 Å². The molecule has 2 aliphatic rings. The smallest absolute Gasteiger partial charge is 0.129 e. The van der Waals surface area contributed by atoms with E-state index in [1.165, 1.54) is 19.3 Å². The Morgan fingerprint density at radius 1 is 1.19 bits per heavy atom. The molecule has 1 aromatic carbocycles. The monoisotopic (exact) mass is 398 g/mol. The molecule has 2 fully saturated rings. The lowest BCUT2D eigenvalue weighted by atomic mass is 9.76. The summed E-state index contributed by atoms with van der Waals surface area (Å²) in [5.41, 5.74) is 0.884. The molecule has 1 aromatic rings. The first-order chi connectivity index (χ1) is 9.25. The maximum atomic E-state index is 14.3. The summed E-state index contributed by atoms with van der Waals surface area (Å²) in [5.74, 6) is 0.568. The highest BCUT2D eigenvalue weighted by molar-refractivity contribution is 9.10. The Morgan fingerprint density at radius 3 is 2.38 bits per heavy atom. The van der Waals surface area contributed by atoms with Crippen LogP contribution in [0.15, 0.2) is 22.7 Å². The lowest BCUT2D eigenvalue weighted by Crippen LogP contribution is -2.48. The molecule has 6 heteroatoms. The van der Waals surface area contributed by atoms with E-state index in [4.69, 9.17) is 0 Å². The van der Waals surface area contributed by atoms with Crippen molar-refractivity contribution in [1.29, 1.82) is 0 Å². The topological polar surface area (TPSA) is 15.3 Å². The van der Waals surface area contributed by atoms with Gasteiger partial charge in [0, 0.05) is 42.3 Å². The van der Waals surface area contributed by atoms with Crippen molar-refractivity contribution in [3.8, 4) is 0 Å². The Labute approximate surface area is 146 Å². The molecule has 0 unspecified atom stereocenters. The summed E-state index contributed by atoms with van der Waals surface area (Å²) < 4.78 is 15.1. The summed E-state index contributed by atoms with van der Waals surface area (Å²) in [6, 6.07) is 5.80. The molecule has 1 saturated carbocycles. The molecule has 1 N–H and O–H groups in total. The second-order valence-corrected chi connectivity index (χ2v) is 6.50. The number of rotatable bonds is 3. The summed E-state index contributed by atoms with van der Waals surface area (Å²) >= 11 is 3.35. The standard InChI is InChI=1S/C15H20BrFN2.2ClH/c16-12-4-5-13(14(17)10-12)15(11-2-1-3-11)19-8-6-18-7-9-19;;/h4-5,10-11,15,18H,1-3,6-9H2;2*1H/t15-;;/m1../s1. The minimum absolute atomic E-state index is 0. The van der Waals surface area contributed by atoms with Crippen LogP contribution in [0.1, 0.15) is 30.9 Å². The quantitative estimate of drug-likeness (QED) is 0.820. The molecular formula is C15H22BrCl2FN2. The molecule has 1 aliphatic carbocycles. The molecule has 0 bridgehead atoms. The number of hydrogen-bond donors (Lipinski definition) is 1. The summed E-state index contributed by atoms with van der Waals surface area (Å²) in [6.07, 6.45) is 3.78. The fourth-order valence-corrected chi connectivity index (χ4v) is 3.54. The third kappa shape index (κ3) is 4.32. The highest BCUT2D eigenvalue weighted by Crippen LogP contribution is 2.42. The van der Waals surface area contributed by atoms with E-state index < -0.39 is 0 Å². The first kappa shape index (κ1) is 19.2. The zero-order valence-electron chi connectivity index (χ0n) is 11.9. The number of nitrogens with zero attached hydrogens (tertiary/aromatic N) is 1. The van der Waals surface area contributed by atoms with Crippen LogP contribution in [0.5, 0.6) is 0 Å². The summed E-state index contributed by atoms with van der Waals surface area (Å²) in [4.78, 5) is 2.46. The molecule has 120 valence electrons. The van der Waals surface area contributed by atoms with Crippen molar-refractivity contribution in [2.24, 2.45) is 5.92 Å². The second kappa shape index (κ2) is 8.68. The SMILES string of the molecule is Cl.Cl.Fc1cc(Br)ccc1[C@@H](C1CCC1)N1CCNCC1. The fourth-order valence-electron chi connectivity index (χ4n) is 3.21. The molecule has 1 heterocycles. The van der Waals surface area contributed by atoms with Crippen molar-refractivity contribution >= 4 is 40.7 Å². The third-order valence-electron chi connectivity index (χ3n) is 4.42. The van der Waals surface area contributed by atoms with Gasteiger partial charge in [-0.05, 0) is 30.9 Å². The Kier molecular flexibility index (Phi) is 7.93. The van der Waals surface area contributed by atoms with Crippen molar-refractivity contribution in [2.45, 2.75) is 25.3 Å². The molecule has 0 aromatic heterocycles. The first-order valence-electron chi connectivity index (χ1n) is 7.15. The van der Waals surface area contributed by atoms with Crippen LogP contribution < -0.4 is 5.32 Å². The molecule has 21 heavy (non-hydrogen) atoms. The van der Waals surface area contributed by atoms with Crippen molar-refractivity contribution in [3.63, 3.8) is 0 Å². The zero-order valence-corrected chi connectivity index (χ0v) is 15.1. The van der Waals surface area contributed by atoms with Crippen LogP contribution in [0.25, 0.3) is 0 Å². The van der Waals surface area contributed by atoms with Gasteiger partial charge in [0.1, 0.15) is 5.82 Å². The normalized spacial score (nSPS) is 20.9. The Morgan fingerprint density at radius 2 is 1.86 bits per heavy atom. The van der Waals surface area contributed by atoms with Crippen LogP contribution in [-0.4, -0.2) is 31.1 Å². The number of piperazine rings is 1. The van der Waals surface area contributed by atoms with Crippen LogP contribution >= 0.6 is 40.7 Å². The van der Waals surface area contributed by atoms with E-state index in [9.17, 15) is 4.39 Å². The van der Waals surface area contributed by atoms with Crippen LogP contribution in [0.2, 0.25) is 0 Å². The fraction of sp³-hybridized carbons (Fsp3) is 0.600. The third-order valence-corrected chi connectivity index (χ3v) is 4.92. The minimum atomic E-state index is -0.0650. The molecular weight excluding hydrogens is 378 g/mol. The lowest BCUT2D eigenvalue weighted by Gasteiger charge is -2.43. The number of benzene rings is 1. The van der Waals surface area contributed by atoms with Gasteiger partial charge in [0.2, 0.25) is 0 Å². The predicted octanol–water partition coefficient (Wildman–Crippen LogP) is 4.18. The van der Waals surface area contributed by atoms with Gasteiger partial charge < -0.3 is 5.32 Å². The Hall–Kier alpha value is 0.130. The Balaban J connectivity index is 0.00000110. The van der Waals surface area contributed by atoms with E-state index in [1.54, 1.807) is 6.07 Å². The number of hydrogen-bond acceptors (Lipinski definition) is 2. The van der Waals surface area contributed by atoms with E-state index in [0.717, 1.165) is 36.2 Å². The van der Waals surface area contributed by atoms with E-state index in [2.05, 4.69) is 26.1 Å². The zero-order chi connectivity index (χ0) is 13.2. The van der Waals surface area contributed by atoms with Gasteiger partial charge in [0.25, 0.3) is 0 Å². The molecule has 1 atom stereocenters. The van der Waals surface area contributed by atoms with Gasteiger partial charge >= 0.3 is 0 Å². The molecule has 1 saturated heterocycles. The summed E-state index contributed by atoms with van der Waals surface area (Å²) in [5, 5.41) is 3.38. The maximum Gasteiger partial charge on any atom is 0.129 e. The molecule has 3 rings (SSSR count). The molecule has 2 nitrogen and oxygen atoms in total. The van der Waals surface area contributed by atoms with Gasteiger partial charge in [-0.15, -0.1) is 24.8 Å². The predicted molar refractivity (Wildman–Crippen MR) is 93.1 cm³/mol. The minimum Gasteiger partial charge on any atom is -0.314 e. The molecule has 1 aliphatic heterocycles. The van der Waals surface area contributed by atoms with Crippen LogP contribution in [-0.2, 0) is 0 Å². The number of halogens is 4. The molecule has 0 radical (unpaired) electrons. The van der Waals surface area contributed by atoms with E-state index in [-0.39, 0.29) is 36.7 Å². The average molecular weight is 400 g/mol. The van der Waals surface area contributed by atoms with Crippen molar-refractivity contribution < 1.29 is 4.39 Å². The Bertz CT molecular complexity index is 451. The van der Waals surface area contributed by atoms with Gasteiger partial charge in [0.05, 0.1) is 0 Å². The van der Waals surface area contributed by atoms with Crippen molar-refractivity contribution in [2.75, 3.05) is 26.2 Å². The largest absolute Gasteiger partial charge is 0.314 e. The lowest BCUT2D eigenvalue weighted by molar-refractivity contribution is 0.0812. The van der Waals surface area contributed by atoms with E-state index >= 15 is 0 Å². The first-order valence-corrected chi connectivity index (χ1v) is 7.95. The molecule has 0 amide bonds. The highest BCUT2D eigenvalue weighted by Gasteiger charge is 2.34. The van der Waals surface area contributed by atoms with Crippen molar-refractivity contribution in [1.82, 2.24) is 10.2 Å².